The van der Waals surface area contributed by atoms with E-state index in [0.717, 1.165) is 0 Å². The van der Waals surface area contributed by atoms with Gasteiger partial charge in [-0.15, -0.1) is 0 Å². The van der Waals surface area contributed by atoms with Crippen LogP contribution in [0.2, 0.25) is 0 Å². The average Bonchev–Trinajstić information content (AvgIpc) is 2.29. The molecule has 0 atom stereocenters. The van der Waals surface area contributed by atoms with Crippen molar-refractivity contribution in [2.75, 3.05) is 7.11 Å². The number of phenolic OH excluding ortho intramolecular Hbond substituents is 2. The topological polar surface area (TPSA) is 76.0 Å². The van der Waals surface area contributed by atoms with Crippen LogP contribution in [0.15, 0.2) is 24.0 Å². The Kier molecular flexibility index (Phi) is 3.77. The summed E-state index contributed by atoms with van der Waals surface area (Å²) in [6.07, 6.45) is 1.35. The minimum atomic E-state index is -0.727. The molecule has 0 saturated heterocycles. The molecule has 1 rings (SSSR count). The molecule has 0 aliphatic carbocycles. The van der Waals surface area contributed by atoms with Gasteiger partial charge in [0.1, 0.15) is 7.11 Å². The van der Waals surface area contributed by atoms with Crippen molar-refractivity contribution in [2.45, 2.75) is 0 Å². The molecule has 0 amide bonds. The molecule has 5 heteroatoms. The van der Waals surface area contributed by atoms with Crippen LogP contribution in [0.3, 0.4) is 0 Å². The number of benzene rings is 1. The lowest BCUT2D eigenvalue weighted by molar-refractivity contribution is -0.137. The highest BCUT2D eigenvalue weighted by molar-refractivity contribution is 5.91. The maximum atomic E-state index is 11.1. The number of ether oxygens (including phenoxy) is 2. The van der Waals surface area contributed by atoms with Gasteiger partial charge < -0.3 is 19.7 Å². The number of hydrogen-bond donors (Lipinski definition) is 2. The van der Waals surface area contributed by atoms with E-state index in [9.17, 15) is 9.90 Å². The van der Waals surface area contributed by atoms with Gasteiger partial charge in [-0.2, -0.15) is 0 Å². The molecule has 0 bridgehead atoms. The molecule has 0 saturated carbocycles. The van der Waals surface area contributed by atoms with Crippen LogP contribution in [-0.2, 0) is 14.3 Å². The highest BCUT2D eigenvalue weighted by Crippen LogP contribution is 2.26. The van der Waals surface area contributed by atoms with Crippen molar-refractivity contribution in [2.24, 2.45) is 0 Å². The van der Waals surface area contributed by atoms with Crippen LogP contribution < -0.4 is 0 Å². The first-order valence-corrected chi connectivity index (χ1v) is 4.32. The van der Waals surface area contributed by atoms with Crippen molar-refractivity contribution in [1.82, 2.24) is 0 Å². The number of carbonyl (C=O) groups is 1. The molecule has 16 heavy (non-hydrogen) atoms. The maximum Gasteiger partial charge on any atom is 0.373 e. The van der Waals surface area contributed by atoms with E-state index in [0.29, 0.717) is 5.56 Å². The van der Waals surface area contributed by atoms with E-state index in [1.54, 1.807) is 0 Å². The van der Waals surface area contributed by atoms with Crippen molar-refractivity contribution in [1.29, 1.82) is 0 Å². The molecule has 0 aliphatic heterocycles. The largest absolute Gasteiger partial charge is 0.504 e. The van der Waals surface area contributed by atoms with E-state index in [2.05, 4.69) is 11.8 Å². The van der Waals surface area contributed by atoms with Gasteiger partial charge in [-0.1, -0.05) is 6.07 Å². The third-order valence-electron chi connectivity index (χ3n) is 1.85. The summed E-state index contributed by atoms with van der Waals surface area (Å²) in [5.41, 5.74) is 0.484. The first-order chi connectivity index (χ1) is 7.58. The molecule has 0 spiro atoms. The number of methoxy groups -OCH3 is 1. The fraction of sp³-hybridized carbons (Fsp3) is 0.0909. The Hall–Kier alpha value is -2.17. The van der Waals surface area contributed by atoms with Gasteiger partial charge in [-0.25, -0.2) is 4.79 Å². The van der Waals surface area contributed by atoms with Crippen LogP contribution in [-0.4, -0.2) is 23.3 Å². The zero-order valence-corrected chi connectivity index (χ0v) is 8.64. The minimum Gasteiger partial charge on any atom is -0.504 e. The van der Waals surface area contributed by atoms with Crippen molar-refractivity contribution < 1.29 is 24.5 Å². The molecule has 5 nitrogen and oxygen atoms in total. The first-order valence-electron chi connectivity index (χ1n) is 4.32. The standard InChI is InChI=1S/C11H11O5/c1-15-10(11(14)16-2)6-7-3-4-8(12)9(13)5-7/h3-6,12-13H,2H2,1H3/b10-6-. The summed E-state index contributed by atoms with van der Waals surface area (Å²) in [4.78, 5) is 11.1. The van der Waals surface area contributed by atoms with Crippen LogP contribution in [0.25, 0.3) is 6.08 Å². The molecule has 0 heterocycles. The lowest BCUT2D eigenvalue weighted by Crippen LogP contribution is -2.04. The lowest BCUT2D eigenvalue weighted by atomic mass is 10.2. The second-order valence-electron chi connectivity index (χ2n) is 2.89. The van der Waals surface area contributed by atoms with Gasteiger partial charge in [0.05, 0.1) is 7.11 Å². The fourth-order valence-electron chi connectivity index (χ4n) is 1.05. The van der Waals surface area contributed by atoms with Crippen LogP contribution in [0.5, 0.6) is 11.5 Å². The van der Waals surface area contributed by atoms with Crippen molar-refractivity contribution >= 4 is 12.0 Å². The van der Waals surface area contributed by atoms with Gasteiger partial charge in [0, 0.05) is 0 Å². The molecule has 2 N–H and O–H groups in total. The quantitative estimate of drug-likeness (QED) is 0.351. The van der Waals surface area contributed by atoms with E-state index >= 15 is 0 Å². The fourth-order valence-corrected chi connectivity index (χ4v) is 1.05. The summed E-state index contributed by atoms with van der Waals surface area (Å²) in [6.45, 7) is 0. The van der Waals surface area contributed by atoms with Crippen LogP contribution in [0.4, 0.5) is 0 Å². The summed E-state index contributed by atoms with van der Waals surface area (Å²) in [5.74, 6) is -1.31. The Morgan fingerprint density at radius 3 is 2.56 bits per heavy atom. The Bertz CT molecular complexity index is 422. The molecule has 0 unspecified atom stereocenters. The van der Waals surface area contributed by atoms with Gasteiger partial charge in [-0.3, -0.25) is 0 Å². The number of aromatic hydroxyl groups is 2. The molecular weight excluding hydrogens is 212 g/mol. The summed E-state index contributed by atoms with van der Waals surface area (Å²) < 4.78 is 9.01. The van der Waals surface area contributed by atoms with Gasteiger partial charge in [0.25, 0.3) is 0 Å². The van der Waals surface area contributed by atoms with E-state index in [1.807, 2.05) is 0 Å². The van der Waals surface area contributed by atoms with Crippen LogP contribution >= 0.6 is 0 Å². The normalized spacial score (nSPS) is 11.0. The molecule has 0 fully saturated rings. The number of hydrogen-bond acceptors (Lipinski definition) is 5. The molecule has 0 aliphatic rings. The van der Waals surface area contributed by atoms with Crippen LogP contribution in [0, 0.1) is 7.11 Å². The van der Waals surface area contributed by atoms with Crippen molar-refractivity contribution in [3.63, 3.8) is 0 Å². The summed E-state index contributed by atoms with van der Waals surface area (Å²) >= 11 is 0. The highest BCUT2D eigenvalue weighted by Gasteiger charge is 2.10. The first kappa shape index (κ1) is 11.9. The molecule has 1 radical (unpaired) electrons. The third-order valence-corrected chi connectivity index (χ3v) is 1.85. The van der Waals surface area contributed by atoms with Crippen LogP contribution in [0.1, 0.15) is 5.56 Å². The Balaban J connectivity index is 3.04. The average molecular weight is 223 g/mol. The smallest absolute Gasteiger partial charge is 0.373 e. The van der Waals surface area contributed by atoms with E-state index in [-0.39, 0.29) is 17.3 Å². The van der Waals surface area contributed by atoms with E-state index in [4.69, 9.17) is 9.84 Å². The maximum absolute atomic E-state index is 11.1. The molecule has 0 aromatic heterocycles. The minimum absolute atomic E-state index is 0.0555. The second kappa shape index (κ2) is 5.06. The van der Waals surface area contributed by atoms with Gasteiger partial charge in [0.15, 0.2) is 11.5 Å². The summed E-state index contributed by atoms with van der Waals surface area (Å²) in [5, 5.41) is 18.3. The van der Waals surface area contributed by atoms with Crippen molar-refractivity contribution in [3.05, 3.63) is 36.6 Å². The zero-order valence-electron chi connectivity index (χ0n) is 8.64. The summed E-state index contributed by atoms with van der Waals surface area (Å²) in [6, 6.07) is 4.08. The Morgan fingerprint density at radius 2 is 2.06 bits per heavy atom. The van der Waals surface area contributed by atoms with Gasteiger partial charge >= 0.3 is 5.97 Å². The van der Waals surface area contributed by atoms with Gasteiger partial charge in [-0.05, 0) is 23.8 Å². The Morgan fingerprint density at radius 1 is 1.38 bits per heavy atom. The third kappa shape index (κ3) is 2.66. The number of rotatable bonds is 3. The molecular formula is C11H11O5. The van der Waals surface area contributed by atoms with E-state index in [1.165, 1.54) is 31.4 Å². The Labute approximate surface area is 92.5 Å². The van der Waals surface area contributed by atoms with Crippen molar-refractivity contribution in [3.8, 4) is 11.5 Å². The predicted octanol–water partition coefficient (Wildman–Crippen LogP) is 1.42. The number of carbonyl (C=O) groups excluding carboxylic acids is 1. The second-order valence-corrected chi connectivity index (χ2v) is 2.89. The molecule has 1 aromatic carbocycles. The monoisotopic (exact) mass is 223 g/mol. The summed E-state index contributed by atoms with van der Waals surface area (Å²) in [7, 11) is 4.28. The predicted molar refractivity (Wildman–Crippen MR) is 56.2 cm³/mol. The van der Waals surface area contributed by atoms with E-state index < -0.39 is 5.97 Å². The zero-order chi connectivity index (χ0) is 12.1. The number of phenols is 2. The lowest BCUT2D eigenvalue weighted by Gasteiger charge is -2.04. The molecule has 1 aromatic rings. The van der Waals surface area contributed by atoms with Gasteiger partial charge in [0.2, 0.25) is 5.76 Å². The number of esters is 1. The highest BCUT2D eigenvalue weighted by atomic mass is 16.6. The SMILES string of the molecule is [CH2]OC(=O)/C(=C/c1ccc(O)c(O)c1)OC. The molecule has 85 valence electrons.